The summed E-state index contributed by atoms with van der Waals surface area (Å²) in [5.41, 5.74) is -0.256. The van der Waals surface area contributed by atoms with Crippen LogP contribution in [0.4, 0.5) is 19.0 Å². The molecule has 2 heterocycles. The molecule has 1 N–H and O–H groups in total. The first kappa shape index (κ1) is 16.3. The molecule has 112 valence electrons. The minimum absolute atomic E-state index is 0.256. The molecule has 0 saturated heterocycles. The van der Waals surface area contributed by atoms with E-state index < -0.39 is 12.1 Å². The van der Waals surface area contributed by atoms with Crippen LogP contribution in [0.25, 0.3) is 0 Å². The van der Waals surface area contributed by atoms with E-state index in [9.17, 15) is 18.0 Å². The van der Waals surface area contributed by atoms with Gasteiger partial charge in [0, 0.05) is 26.2 Å². The highest BCUT2D eigenvalue weighted by molar-refractivity contribution is 6.29. The van der Waals surface area contributed by atoms with Crippen LogP contribution in [-0.2, 0) is 11.3 Å². The molecule has 0 spiro atoms. The summed E-state index contributed by atoms with van der Waals surface area (Å²) in [7, 11) is 1.95. The summed E-state index contributed by atoms with van der Waals surface area (Å²) in [6.45, 7) is 1.70. The highest BCUT2D eigenvalue weighted by Crippen LogP contribution is 2.18. The van der Waals surface area contributed by atoms with Crippen molar-refractivity contribution in [1.29, 1.82) is 0 Å². The molecule has 0 radical (unpaired) electrons. The van der Waals surface area contributed by atoms with Crippen molar-refractivity contribution >= 4 is 23.4 Å². The van der Waals surface area contributed by atoms with Crippen molar-refractivity contribution in [3.8, 4) is 0 Å². The number of hydrogen-bond donors (Lipinski definition) is 1. The molecular formula is C10H11ClF3N3O3. The fourth-order valence-corrected chi connectivity index (χ4v) is 1.74. The van der Waals surface area contributed by atoms with Crippen molar-refractivity contribution in [2.24, 2.45) is 0 Å². The molecule has 0 amide bonds. The summed E-state index contributed by atoms with van der Waals surface area (Å²) in [6, 6.07) is 1.72. The van der Waals surface area contributed by atoms with Gasteiger partial charge in [-0.1, -0.05) is 11.6 Å². The minimum atomic E-state index is -5.08. The van der Waals surface area contributed by atoms with E-state index >= 15 is 0 Å². The van der Waals surface area contributed by atoms with Crippen molar-refractivity contribution in [1.82, 2.24) is 9.55 Å². The Morgan fingerprint density at radius 3 is 2.50 bits per heavy atom. The Morgan fingerprint density at radius 2 is 2.00 bits per heavy atom. The van der Waals surface area contributed by atoms with Gasteiger partial charge in [0.05, 0.1) is 0 Å². The Labute approximate surface area is 116 Å². The van der Waals surface area contributed by atoms with E-state index in [4.69, 9.17) is 21.5 Å². The Morgan fingerprint density at radius 1 is 1.45 bits per heavy atom. The van der Waals surface area contributed by atoms with Crippen LogP contribution in [0.15, 0.2) is 10.9 Å². The molecule has 2 rings (SSSR count). The van der Waals surface area contributed by atoms with Gasteiger partial charge in [0.25, 0.3) is 0 Å². The lowest BCUT2D eigenvalue weighted by Gasteiger charge is -2.27. The zero-order chi connectivity index (χ0) is 15.5. The first-order valence-corrected chi connectivity index (χ1v) is 5.79. The molecule has 0 aromatic carbocycles. The lowest BCUT2D eigenvalue weighted by atomic mass is 10.3. The van der Waals surface area contributed by atoms with Crippen LogP contribution in [0, 0.1) is 0 Å². The average molecular weight is 314 g/mol. The molecule has 10 heteroatoms. The van der Waals surface area contributed by atoms with Gasteiger partial charge in [-0.2, -0.15) is 18.2 Å². The number of halogens is 4. The summed E-state index contributed by atoms with van der Waals surface area (Å²) < 4.78 is 33.4. The quantitative estimate of drug-likeness (QED) is 0.732. The van der Waals surface area contributed by atoms with E-state index in [2.05, 4.69) is 4.98 Å². The number of rotatable bonds is 0. The molecule has 6 nitrogen and oxygen atoms in total. The zero-order valence-corrected chi connectivity index (χ0v) is 11.1. The number of carboxylic acids is 1. The number of alkyl halides is 3. The monoisotopic (exact) mass is 313 g/mol. The normalized spacial score (nSPS) is 14.2. The van der Waals surface area contributed by atoms with Gasteiger partial charge in [0.2, 0.25) is 0 Å². The Hall–Kier alpha value is -1.77. The minimum Gasteiger partial charge on any atom is -0.475 e. The van der Waals surface area contributed by atoms with Crippen molar-refractivity contribution in [2.45, 2.75) is 19.1 Å². The number of carbonyl (C=O) groups is 1. The van der Waals surface area contributed by atoms with Crippen molar-refractivity contribution in [3.05, 3.63) is 21.7 Å². The summed E-state index contributed by atoms with van der Waals surface area (Å²) in [6.07, 6.45) is -4.10. The lowest BCUT2D eigenvalue weighted by molar-refractivity contribution is -0.192. The molecule has 0 saturated carbocycles. The number of aliphatic carboxylic acids is 1. The van der Waals surface area contributed by atoms with Crippen LogP contribution >= 0.6 is 11.6 Å². The van der Waals surface area contributed by atoms with Gasteiger partial charge in [0.15, 0.2) is 0 Å². The second kappa shape index (κ2) is 6.12. The Kier molecular flexibility index (Phi) is 4.98. The van der Waals surface area contributed by atoms with E-state index in [-0.39, 0.29) is 10.8 Å². The van der Waals surface area contributed by atoms with E-state index in [0.29, 0.717) is 0 Å². The standard InChI is InChI=1S/C8H10ClN3O.C2HF3O2/c1-11-3-2-4-12-7(11)5-6(9)10-8(12)13;3-2(4,5)1(6)7/h5H,2-4H2,1H3;(H,6,7). The van der Waals surface area contributed by atoms with Crippen LogP contribution < -0.4 is 10.6 Å². The number of carboxylic acid groups (broad SMARTS) is 1. The molecular weight excluding hydrogens is 303 g/mol. The molecule has 0 fully saturated rings. The molecule has 1 aromatic rings. The number of aromatic nitrogens is 2. The molecule has 20 heavy (non-hydrogen) atoms. The van der Waals surface area contributed by atoms with Gasteiger partial charge in [-0.15, -0.1) is 0 Å². The van der Waals surface area contributed by atoms with Crippen LogP contribution in [0.3, 0.4) is 0 Å². The topological polar surface area (TPSA) is 75.4 Å². The molecule has 0 unspecified atom stereocenters. The molecule has 1 aliphatic rings. The maximum absolute atomic E-state index is 11.4. The second-order valence-corrected chi connectivity index (χ2v) is 4.34. The van der Waals surface area contributed by atoms with E-state index in [1.165, 1.54) is 0 Å². The molecule has 0 bridgehead atoms. The van der Waals surface area contributed by atoms with Gasteiger partial charge in [-0.25, -0.2) is 9.59 Å². The van der Waals surface area contributed by atoms with Crippen molar-refractivity contribution < 1.29 is 23.1 Å². The third kappa shape index (κ3) is 4.12. The molecule has 0 atom stereocenters. The maximum Gasteiger partial charge on any atom is 0.490 e. The van der Waals surface area contributed by atoms with E-state index in [1.807, 2.05) is 11.9 Å². The van der Waals surface area contributed by atoms with Gasteiger partial charge in [-0.3, -0.25) is 4.57 Å². The van der Waals surface area contributed by atoms with Crippen LogP contribution in [0.5, 0.6) is 0 Å². The Bertz CT molecular complexity index is 559. The van der Waals surface area contributed by atoms with E-state index in [1.54, 1.807) is 10.6 Å². The fourth-order valence-electron chi connectivity index (χ4n) is 1.57. The molecule has 0 aliphatic carbocycles. The molecule has 1 aliphatic heterocycles. The predicted octanol–water partition coefficient (Wildman–Crippen LogP) is 1.37. The summed E-state index contributed by atoms with van der Waals surface area (Å²) in [5, 5.41) is 7.39. The highest BCUT2D eigenvalue weighted by Gasteiger charge is 2.38. The number of nitrogens with zero attached hydrogens (tertiary/aromatic N) is 3. The average Bonchev–Trinajstić information content (AvgIpc) is 2.30. The van der Waals surface area contributed by atoms with Gasteiger partial charge < -0.3 is 10.0 Å². The van der Waals surface area contributed by atoms with Gasteiger partial charge in [0.1, 0.15) is 11.0 Å². The SMILES string of the molecule is CN1CCCn2c1cc(Cl)nc2=O.O=C(O)C(F)(F)F. The second-order valence-electron chi connectivity index (χ2n) is 3.95. The van der Waals surface area contributed by atoms with Gasteiger partial charge >= 0.3 is 17.8 Å². The first-order chi connectivity index (χ1) is 9.12. The predicted molar refractivity (Wildman–Crippen MR) is 65.1 cm³/mol. The molecule has 1 aromatic heterocycles. The van der Waals surface area contributed by atoms with Crippen LogP contribution in [-0.4, -0.2) is 40.4 Å². The number of fused-ring (bicyclic) bond motifs is 1. The zero-order valence-electron chi connectivity index (χ0n) is 10.3. The third-order valence-electron chi connectivity index (χ3n) is 2.47. The summed E-state index contributed by atoms with van der Waals surface area (Å²) in [4.78, 5) is 25.9. The smallest absolute Gasteiger partial charge is 0.475 e. The first-order valence-electron chi connectivity index (χ1n) is 5.41. The largest absolute Gasteiger partial charge is 0.490 e. The Balaban J connectivity index is 0.000000246. The van der Waals surface area contributed by atoms with Crippen LogP contribution in [0.2, 0.25) is 5.15 Å². The lowest BCUT2D eigenvalue weighted by Crippen LogP contribution is -2.36. The summed E-state index contributed by atoms with van der Waals surface area (Å²) in [5.74, 6) is -1.90. The summed E-state index contributed by atoms with van der Waals surface area (Å²) >= 11 is 5.70. The van der Waals surface area contributed by atoms with Crippen molar-refractivity contribution in [2.75, 3.05) is 18.5 Å². The third-order valence-corrected chi connectivity index (χ3v) is 2.66. The highest BCUT2D eigenvalue weighted by atomic mass is 35.5. The number of anilines is 1. The number of hydrogen-bond acceptors (Lipinski definition) is 4. The fraction of sp³-hybridized carbons (Fsp3) is 0.500. The van der Waals surface area contributed by atoms with Gasteiger partial charge in [-0.05, 0) is 6.42 Å². The maximum atomic E-state index is 11.4. The van der Waals surface area contributed by atoms with Crippen molar-refractivity contribution in [3.63, 3.8) is 0 Å². The van der Waals surface area contributed by atoms with Crippen LogP contribution in [0.1, 0.15) is 6.42 Å². The van der Waals surface area contributed by atoms with E-state index in [0.717, 1.165) is 25.3 Å².